The maximum atomic E-state index is 12.5. The number of fused-ring (bicyclic) bond motifs is 2. The molecule has 3 aromatic rings. The molecule has 0 fully saturated rings. The molecule has 1 aliphatic carbocycles. The monoisotopic (exact) mass is 383 g/mol. The van der Waals surface area contributed by atoms with Crippen molar-refractivity contribution in [2.75, 3.05) is 7.11 Å². The number of nitrogens with zero attached hydrogens (tertiary/aromatic N) is 1. The molecule has 2 aromatic heterocycles. The molecule has 0 saturated carbocycles. The molecule has 2 heterocycles. The van der Waals surface area contributed by atoms with Gasteiger partial charge in [-0.25, -0.2) is 9.78 Å². The lowest BCUT2D eigenvalue weighted by atomic mass is 9.88. The van der Waals surface area contributed by atoms with Gasteiger partial charge in [-0.1, -0.05) is 24.3 Å². The maximum Gasteiger partial charge on any atom is 0.348 e. The van der Waals surface area contributed by atoms with Gasteiger partial charge in [0.2, 0.25) is 0 Å². The SMILES string of the molecule is COC(=O)c1sc2nc(CNC3CCCc4ccccc43)[nH]c(=O)c2c1C. The van der Waals surface area contributed by atoms with Gasteiger partial charge in [0.25, 0.3) is 5.56 Å². The zero-order valence-electron chi connectivity index (χ0n) is 15.3. The van der Waals surface area contributed by atoms with Crippen LogP contribution >= 0.6 is 11.3 Å². The number of aromatic nitrogens is 2. The molecule has 6 nitrogen and oxygen atoms in total. The molecule has 1 aromatic carbocycles. The topological polar surface area (TPSA) is 84.1 Å². The molecule has 4 rings (SSSR count). The second-order valence-corrected chi connectivity index (χ2v) is 7.76. The fourth-order valence-electron chi connectivity index (χ4n) is 3.75. The summed E-state index contributed by atoms with van der Waals surface area (Å²) in [4.78, 5) is 32.8. The molecule has 0 radical (unpaired) electrons. The van der Waals surface area contributed by atoms with Gasteiger partial charge in [0, 0.05) is 6.04 Å². The van der Waals surface area contributed by atoms with Crippen LogP contribution < -0.4 is 10.9 Å². The summed E-state index contributed by atoms with van der Waals surface area (Å²) in [5.74, 6) is 0.140. The number of rotatable bonds is 4. The lowest BCUT2D eigenvalue weighted by Gasteiger charge is -2.26. The molecule has 1 atom stereocenters. The van der Waals surface area contributed by atoms with E-state index in [4.69, 9.17) is 4.74 Å². The summed E-state index contributed by atoms with van der Waals surface area (Å²) in [6.45, 7) is 2.22. The third-order valence-electron chi connectivity index (χ3n) is 5.11. The molecule has 2 N–H and O–H groups in total. The number of esters is 1. The van der Waals surface area contributed by atoms with E-state index >= 15 is 0 Å². The Kier molecular flexibility index (Phi) is 4.80. The number of aryl methyl sites for hydroxylation is 2. The summed E-state index contributed by atoms with van der Waals surface area (Å²) < 4.78 is 4.80. The van der Waals surface area contributed by atoms with Gasteiger partial charge in [0.05, 0.1) is 19.0 Å². The van der Waals surface area contributed by atoms with Crippen LogP contribution in [0.5, 0.6) is 0 Å². The van der Waals surface area contributed by atoms with Gasteiger partial charge >= 0.3 is 5.97 Å². The van der Waals surface area contributed by atoms with E-state index in [2.05, 4.69) is 39.6 Å². The molecule has 0 amide bonds. The van der Waals surface area contributed by atoms with Crippen molar-refractivity contribution < 1.29 is 9.53 Å². The number of thiophene rings is 1. The van der Waals surface area contributed by atoms with Crippen LogP contribution in [-0.4, -0.2) is 23.0 Å². The van der Waals surface area contributed by atoms with Crippen molar-refractivity contribution in [3.05, 3.63) is 62.0 Å². The van der Waals surface area contributed by atoms with Crippen LogP contribution in [0.3, 0.4) is 0 Å². The first kappa shape index (κ1) is 17.9. The maximum absolute atomic E-state index is 12.5. The van der Waals surface area contributed by atoms with E-state index in [1.165, 1.54) is 29.6 Å². The van der Waals surface area contributed by atoms with E-state index in [1.54, 1.807) is 6.92 Å². The zero-order valence-corrected chi connectivity index (χ0v) is 16.1. The number of carbonyl (C=O) groups is 1. The number of hydrogen-bond acceptors (Lipinski definition) is 6. The minimum atomic E-state index is -0.437. The van der Waals surface area contributed by atoms with Gasteiger partial charge in [-0.05, 0) is 42.9 Å². The summed E-state index contributed by atoms with van der Waals surface area (Å²) in [7, 11) is 1.33. The van der Waals surface area contributed by atoms with Crippen LogP contribution in [0.25, 0.3) is 10.2 Å². The first-order valence-corrected chi connectivity index (χ1v) is 9.82. The van der Waals surface area contributed by atoms with Gasteiger partial charge in [0.15, 0.2) is 0 Å². The van der Waals surface area contributed by atoms with Crippen molar-refractivity contribution in [3.63, 3.8) is 0 Å². The summed E-state index contributed by atoms with van der Waals surface area (Å²) in [5.41, 5.74) is 3.11. The average Bonchev–Trinajstić information content (AvgIpc) is 3.02. The lowest BCUT2D eigenvalue weighted by Crippen LogP contribution is -2.26. The molecule has 0 aliphatic heterocycles. The molecule has 1 aliphatic rings. The minimum Gasteiger partial charge on any atom is -0.465 e. The van der Waals surface area contributed by atoms with Crippen LogP contribution in [0.1, 0.15) is 51.1 Å². The molecule has 0 saturated heterocycles. The molecule has 0 bridgehead atoms. The fraction of sp³-hybridized carbons (Fsp3) is 0.350. The van der Waals surface area contributed by atoms with Gasteiger partial charge in [-0.15, -0.1) is 11.3 Å². The molecule has 140 valence electrons. The van der Waals surface area contributed by atoms with Gasteiger partial charge < -0.3 is 15.0 Å². The highest BCUT2D eigenvalue weighted by atomic mass is 32.1. The van der Waals surface area contributed by atoms with E-state index in [0.29, 0.717) is 33.0 Å². The zero-order chi connectivity index (χ0) is 19.0. The number of hydrogen-bond donors (Lipinski definition) is 2. The number of nitrogens with one attached hydrogen (secondary N) is 2. The number of methoxy groups -OCH3 is 1. The number of aromatic amines is 1. The Hall–Kier alpha value is -2.51. The first-order valence-electron chi connectivity index (χ1n) is 9.00. The Bertz CT molecular complexity index is 1070. The van der Waals surface area contributed by atoms with Crippen LogP contribution in [0.4, 0.5) is 0 Å². The average molecular weight is 383 g/mol. The summed E-state index contributed by atoms with van der Waals surface area (Å²) in [5, 5.41) is 3.99. The Morgan fingerprint density at radius 2 is 2.22 bits per heavy atom. The van der Waals surface area contributed by atoms with Gasteiger partial charge in [0.1, 0.15) is 15.5 Å². The molecule has 1 unspecified atom stereocenters. The van der Waals surface area contributed by atoms with Crippen LogP contribution in [0.15, 0.2) is 29.1 Å². The summed E-state index contributed by atoms with van der Waals surface area (Å²) in [6, 6.07) is 8.74. The minimum absolute atomic E-state index is 0.218. The normalized spacial score (nSPS) is 16.3. The molecule has 7 heteroatoms. The van der Waals surface area contributed by atoms with Crippen LogP contribution in [0, 0.1) is 6.92 Å². The highest BCUT2D eigenvalue weighted by Crippen LogP contribution is 2.30. The fourth-order valence-corrected chi connectivity index (χ4v) is 4.86. The van der Waals surface area contributed by atoms with E-state index in [1.807, 2.05) is 0 Å². The second-order valence-electron chi connectivity index (χ2n) is 6.77. The van der Waals surface area contributed by atoms with Crippen molar-refractivity contribution in [3.8, 4) is 0 Å². The van der Waals surface area contributed by atoms with E-state index < -0.39 is 5.97 Å². The Morgan fingerprint density at radius 3 is 3.04 bits per heavy atom. The van der Waals surface area contributed by atoms with Crippen molar-refractivity contribution in [2.24, 2.45) is 0 Å². The van der Waals surface area contributed by atoms with E-state index in [0.717, 1.165) is 19.3 Å². The predicted molar refractivity (Wildman–Crippen MR) is 105 cm³/mol. The predicted octanol–water partition coefficient (Wildman–Crippen LogP) is 3.25. The lowest BCUT2D eigenvalue weighted by molar-refractivity contribution is 0.0605. The second kappa shape index (κ2) is 7.25. The first-order chi connectivity index (χ1) is 13.1. The summed E-state index contributed by atoms with van der Waals surface area (Å²) in [6.07, 6.45) is 3.32. The Morgan fingerprint density at radius 1 is 1.41 bits per heavy atom. The van der Waals surface area contributed by atoms with Crippen molar-refractivity contribution in [2.45, 2.75) is 38.8 Å². The third-order valence-corrected chi connectivity index (χ3v) is 6.27. The van der Waals surface area contributed by atoms with E-state index in [9.17, 15) is 9.59 Å². The van der Waals surface area contributed by atoms with Crippen molar-refractivity contribution in [1.82, 2.24) is 15.3 Å². The number of benzene rings is 1. The third kappa shape index (κ3) is 3.28. The highest BCUT2D eigenvalue weighted by molar-refractivity contribution is 7.20. The molecular formula is C20H21N3O3S. The largest absolute Gasteiger partial charge is 0.465 e. The molecular weight excluding hydrogens is 362 g/mol. The van der Waals surface area contributed by atoms with Crippen LogP contribution in [-0.2, 0) is 17.7 Å². The van der Waals surface area contributed by atoms with Crippen molar-refractivity contribution in [1.29, 1.82) is 0 Å². The smallest absolute Gasteiger partial charge is 0.348 e. The van der Waals surface area contributed by atoms with Crippen LogP contribution in [0.2, 0.25) is 0 Å². The number of carbonyl (C=O) groups excluding carboxylic acids is 1. The van der Waals surface area contributed by atoms with E-state index in [-0.39, 0.29) is 11.6 Å². The molecule has 27 heavy (non-hydrogen) atoms. The summed E-state index contributed by atoms with van der Waals surface area (Å²) >= 11 is 1.20. The number of H-pyrrole nitrogens is 1. The van der Waals surface area contributed by atoms with Gasteiger partial charge in [-0.3, -0.25) is 4.79 Å². The molecule has 0 spiro atoms. The quantitative estimate of drug-likeness (QED) is 0.676. The standard InChI is InChI=1S/C20H21N3O3S/c1-11-16-18(24)22-15(23-19(16)27-17(11)20(25)26-2)10-21-14-9-5-7-12-6-3-4-8-13(12)14/h3-4,6,8,14,21H,5,7,9-10H2,1-2H3,(H,22,23,24). The number of ether oxygens (including phenoxy) is 1. The van der Waals surface area contributed by atoms with Gasteiger partial charge in [-0.2, -0.15) is 0 Å². The van der Waals surface area contributed by atoms with Crippen molar-refractivity contribution >= 4 is 27.5 Å². The Balaban J connectivity index is 1.60. The highest BCUT2D eigenvalue weighted by Gasteiger charge is 2.21. The Labute approximate surface area is 160 Å².